The first kappa shape index (κ1) is 14.9. The molecule has 0 N–H and O–H groups in total. The van der Waals surface area contributed by atoms with Crippen molar-refractivity contribution < 1.29 is 4.74 Å². The smallest absolute Gasteiger partial charge is 0.254 e. The largest absolute Gasteiger partial charge is 0.378 e. The van der Waals surface area contributed by atoms with E-state index >= 15 is 0 Å². The molecule has 6 heteroatoms. The van der Waals surface area contributed by atoms with Gasteiger partial charge in [-0.2, -0.15) is 14.6 Å². The van der Waals surface area contributed by atoms with Gasteiger partial charge in [0.15, 0.2) is 0 Å². The van der Waals surface area contributed by atoms with Gasteiger partial charge < -0.3 is 9.64 Å². The Balaban J connectivity index is 1.77. The standard InChI is InChI=1S/C17H25N5O/c1-23-11-14-10-16(22-17(20-14)18-12-19-22)21-9-5-4-7-13-6-2-3-8-15(13)21/h10,12-13,15H,2-9,11H2,1H3/t13-,15+/m0/s1. The van der Waals surface area contributed by atoms with Gasteiger partial charge in [-0.25, -0.2) is 4.98 Å². The minimum atomic E-state index is 0.512. The number of anilines is 1. The lowest BCUT2D eigenvalue weighted by Crippen LogP contribution is -2.42. The van der Waals surface area contributed by atoms with E-state index in [1.165, 1.54) is 44.9 Å². The fourth-order valence-corrected chi connectivity index (χ4v) is 4.34. The van der Waals surface area contributed by atoms with E-state index in [9.17, 15) is 0 Å². The Hall–Kier alpha value is -1.69. The van der Waals surface area contributed by atoms with Gasteiger partial charge in [-0.3, -0.25) is 0 Å². The molecule has 0 bridgehead atoms. The van der Waals surface area contributed by atoms with Crippen molar-refractivity contribution in [3.05, 3.63) is 18.1 Å². The lowest BCUT2D eigenvalue weighted by atomic mass is 9.81. The van der Waals surface area contributed by atoms with Crippen LogP contribution in [0.4, 0.5) is 5.82 Å². The van der Waals surface area contributed by atoms with Crippen molar-refractivity contribution in [2.24, 2.45) is 5.92 Å². The highest BCUT2D eigenvalue weighted by atomic mass is 16.5. The van der Waals surface area contributed by atoms with Crippen LogP contribution in [-0.2, 0) is 11.3 Å². The summed E-state index contributed by atoms with van der Waals surface area (Å²) in [4.78, 5) is 11.4. The van der Waals surface area contributed by atoms with Crippen LogP contribution in [0.15, 0.2) is 12.4 Å². The molecule has 0 aromatic carbocycles. The molecule has 2 atom stereocenters. The summed E-state index contributed by atoms with van der Waals surface area (Å²) in [5, 5.41) is 4.42. The van der Waals surface area contributed by atoms with Crippen LogP contribution in [0.3, 0.4) is 0 Å². The molecule has 2 aliphatic rings. The molecule has 2 aromatic heterocycles. The van der Waals surface area contributed by atoms with Crippen LogP contribution in [0.2, 0.25) is 0 Å². The highest BCUT2D eigenvalue weighted by Crippen LogP contribution is 2.37. The zero-order valence-corrected chi connectivity index (χ0v) is 13.8. The second kappa shape index (κ2) is 6.43. The van der Waals surface area contributed by atoms with E-state index in [0.29, 0.717) is 18.4 Å². The molecule has 1 aliphatic carbocycles. The molecule has 124 valence electrons. The Kier molecular flexibility index (Phi) is 4.16. The van der Waals surface area contributed by atoms with E-state index in [0.717, 1.165) is 24.0 Å². The maximum Gasteiger partial charge on any atom is 0.254 e. The van der Waals surface area contributed by atoms with Crippen molar-refractivity contribution in [2.45, 2.75) is 57.6 Å². The van der Waals surface area contributed by atoms with Crippen LogP contribution in [0.5, 0.6) is 0 Å². The van der Waals surface area contributed by atoms with Gasteiger partial charge in [0.25, 0.3) is 5.78 Å². The highest BCUT2D eigenvalue weighted by Gasteiger charge is 2.33. The van der Waals surface area contributed by atoms with Crippen LogP contribution in [0, 0.1) is 5.92 Å². The van der Waals surface area contributed by atoms with Crippen LogP contribution >= 0.6 is 0 Å². The molecule has 23 heavy (non-hydrogen) atoms. The summed E-state index contributed by atoms with van der Waals surface area (Å²) in [6, 6.07) is 2.78. The number of rotatable bonds is 3. The quantitative estimate of drug-likeness (QED) is 0.872. The molecule has 6 nitrogen and oxygen atoms in total. The average molecular weight is 315 g/mol. The topological polar surface area (TPSA) is 55.6 Å². The fourth-order valence-electron chi connectivity index (χ4n) is 4.34. The average Bonchev–Trinajstić information content (AvgIpc) is 2.94. The predicted octanol–water partition coefficient (Wildman–Crippen LogP) is 2.82. The third-order valence-electron chi connectivity index (χ3n) is 5.37. The molecule has 1 saturated carbocycles. The number of aromatic nitrogens is 4. The SMILES string of the molecule is COCc1cc(N2CCCC[C@@H]3CCCC[C@H]32)n2ncnc2n1. The normalized spacial score (nSPS) is 25.3. The lowest BCUT2D eigenvalue weighted by Gasteiger charge is -2.39. The third-order valence-corrected chi connectivity index (χ3v) is 5.37. The van der Waals surface area contributed by atoms with E-state index < -0.39 is 0 Å². The second-order valence-corrected chi connectivity index (χ2v) is 6.81. The molecular formula is C17H25N5O. The molecule has 4 rings (SSSR count). The molecule has 0 spiro atoms. The number of methoxy groups -OCH3 is 1. The second-order valence-electron chi connectivity index (χ2n) is 6.81. The van der Waals surface area contributed by atoms with Crippen molar-refractivity contribution in [2.75, 3.05) is 18.6 Å². The van der Waals surface area contributed by atoms with Gasteiger partial charge in [0.1, 0.15) is 12.1 Å². The Morgan fingerprint density at radius 2 is 2.00 bits per heavy atom. The van der Waals surface area contributed by atoms with E-state index in [4.69, 9.17) is 4.74 Å². The summed E-state index contributed by atoms with van der Waals surface area (Å²) in [5.74, 6) is 2.63. The number of hydrogen-bond acceptors (Lipinski definition) is 5. The molecule has 1 saturated heterocycles. The van der Waals surface area contributed by atoms with Crippen molar-refractivity contribution in [1.82, 2.24) is 19.6 Å². The Morgan fingerprint density at radius 3 is 2.87 bits per heavy atom. The first-order chi connectivity index (χ1) is 11.4. The van der Waals surface area contributed by atoms with Crippen LogP contribution < -0.4 is 4.90 Å². The zero-order chi connectivity index (χ0) is 15.6. The van der Waals surface area contributed by atoms with Gasteiger partial charge in [-0.1, -0.05) is 19.3 Å². The summed E-state index contributed by atoms with van der Waals surface area (Å²) < 4.78 is 7.19. The summed E-state index contributed by atoms with van der Waals surface area (Å²) in [6.45, 7) is 1.62. The van der Waals surface area contributed by atoms with Gasteiger partial charge in [0.2, 0.25) is 0 Å². The van der Waals surface area contributed by atoms with Crippen molar-refractivity contribution in [3.63, 3.8) is 0 Å². The zero-order valence-electron chi connectivity index (χ0n) is 13.8. The molecule has 2 aromatic rings. The van der Waals surface area contributed by atoms with E-state index in [1.807, 2.05) is 4.52 Å². The Labute approximate surface area is 136 Å². The first-order valence-electron chi connectivity index (χ1n) is 8.82. The predicted molar refractivity (Wildman–Crippen MR) is 88.4 cm³/mol. The van der Waals surface area contributed by atoms with Crippen LogP contribution in [0.1, 0.15) is 50.6 Å². The maximum absolute atomic E-state index is 5.29. The fraction of sp³-hybridized carbons (Fsp3) is 0.706. The van der Waals surface area contributed by atoms with Crippen molar-refractivity contribution in [1.29, 1.82) is 0 Å². The number of ether oxygens (including phenoxy) is 1. The van der Waals surface area contributed by atoms with Crippen molar-refractivity contribution in [3.8, 4) is 0 Å². The number of nitrogens with zero attached hydrogens (tertiary/aromatic N) is 5. The molecule has 0 amide bonds. The van der Waals surface area contributed by atoms with E-state index in [-0.39, 0.29) is 0 Å². The van der Waals surface area contributed by atoms with Gasteiger partial charge in [0, 0.05) is 25.8 Å². The van der Waals surface area contributed by atoms with Crippen LogP contribution in [0.25, 0.3) is 5.78 Å². The molecular weight excluding hydrogens is 290 g/mol. The van der Waals surface area contributed by atoms with Crippen molar-refractivity contribution >= 4 is 11.6 Å². The van der Waals surface area contributed by atoms with Crippen LogP contribution in [-0.4, -0.2) is 39.3 Å². The van der Waals surface area contributed by atoms with E-state index in [1.54, 1.807) is 13.4 Å². The third kappa shape index (κ3) is 2.80. The summed E-state index contributed by atoms with van der Waals surface area (Å²) in [7, 11) is 1.71. The first-order valence-corrected chi connectivity index (χ1v) is 8.82. The molecule has 0 radical (unpaired) electrons. The monoisotopic (exact) mass is 315 g/mol. The molecule has 0 unspecified atom stereocenters. The van der Waals surface area contributed by atoms with Gasteiger partial charge >= 0.3 is 0 Å². The summed E-state index contributed by atoms with van der Waals surface area (Å²) in [5.41, 5.74) is 0.930. The maximum atomic E-state index is 5.29. The van der Waals surface area contributed by atoms with E-state index in [2.05, 4.69) is 26.0 Å². The minimum absolute atomic E-state index is 0.512. The lowest BCUT2D eigenvalue weighted by molar-refractivity contribution is 0.181. The molecule has 2 fully saturated rings. The Morgan fingerprint density at radius 1 is 1.17 bits per heavy atom. The number of fused-ring (bicyclic) bond motifs is 2. The number of hydrogen-bond donors (Lipinski definition) is 0. The van der Waals surface area contributed by atoms with Gasteiger partial charge in [-0.05, 0) is 31.6 Å². The summed E-state index contributed by atoms with van der Waals surface area (Å²) >= 11 is 0. The molecule has 3 heterocycles. The molecule has 1 aliphatic heterocycles. The summed E-state index contributed by atoms with van der Waals surface area (Å²) in [6.07, 6.45) is 11.0. The van der Waals surface area contributed by atoms with Gasteiger partial charge in [0.05, 0.1) is 12.3 Å². The Bertz CT molecular complexity index is 670. The minimum Gasteiger partial charge on any atom is -0.378 e. The highest BCUT2D eigenvalue weighted by molar-refractivity contribution is 5.48. The van der Waals surface area contributed by atoms with Gasteiger partial charge in [-0.15, -0.1) is 0 Å².